The van der Waals surface area contributed by atoms with Gasteiger partial charge >= 0.3 is 23.9 Å². The van der Waals surface area contributed by atoms with Crippen molar-refractivity contribution < 1.29 is 43.2 Å². The number of aliphatic hydroxyl groups is 1. The second kappa shape index (κ2) is 15.6. The lowest BCUT2D eigenvalue weighted by atomic mass is 10.1. The van der Waals surface area contributed by atoms with E-state index in [1.807, 2.05) is 0 Å². The van der Waals surface area contributed by atoms with Crippen LogP contribution in [0.3, 0.4) is 0 Å². The quantitative estimate of drug-likeness (QED) is 0.192. The second-order valence-electron chi connectivity index (χ2n) is 6.88. The number of nitrogens with two attached hydrogens (primary N) is 1. The average Bonchev–Trinajstić information content (AvgIpc) is 2.66. The molecule has 0 aliphatic rings. The molecule has 0 heterocycles. The van der Waals surface area contributed by atoms with Gasteiger partial charge in [0.05, 0.1) is 7.11 Å². The Bertz CT molecular complexity index is 556. The number of nitrogens with zero attached hydrogens (tertiary/aromatic N) is 1. The minimum Gasteiger partial charge on any atom is -0.468 e. The van der Waals surface area contributed by atoms with Crippen molar-refractivity contribution in [2.24, 2.45) is 5.73 Å². The van der Waals surface area contributed by atoms with Crippen LogP contribution >= 0.6 is 0 Å². The number of unbranched alkanes of at least 4 members (excludes halogenated alkanes) is 1. The number of hydrogen-bond donors (Lipinski definition) is 2. The summed E-state index contributed by atoms with van der Waals surface area (Å²) in [6, 6.07) is -0.712. The van der Waals surface area contributed by atoms with Gasteiger partial charge in [0.15, 0.2) is 0 Å². The molecule has 174 valence electrons. The van der Waals surface area contributed by atoms with Gasteiger partial charge in [0.2, 0.25) is 0 Å². The van der Waals surface area contributed by atoms with Crippen LogP contribution in [0.2, 0.25) is 0 Å². The Labute approximate surface area is 176 Å². The standard InChI is InChI=1S/C19H34N2O9/c1-13(22)28-11-16(25)9-21(8-6-5-7-18(20)19(26)27-4)10-17(30-15(3)24)12-29-14(2)23/h16-18,25H,5-12,20H2,1-4H3. The van der Waals surface area contributed by atoms with Crippen LogP contribution in [-0.2, 0) is 38.1 Å². The van der Waals surface area contributed by atoms with Gasteiger partial charge in [0.1, 0.15) is 31.5 Å². The van der Waals surface area contributed by atoms with Gasteiger partial charge in [-0.1, -0.05) is 6.42 Å². The Morgan fingerprint density at radius 2 is 1.53 bits per heavy atom. The van der Waals surface area contributed by atoms with Crippen LogP contribution in [0.4, 0.5) is 0 Å². The second-order valence-corrected chi connectivity index (χ2v) is 6.88. The van der Waals surface area contributed by atoms with Crippen LogP contribution in [0.25, 0.3) is 0 Å². The molecule has 0 aliphatic heterocycles. The van der Waals surface area contributed by atoms with Crippen molar-refractivity contribution in [2.45, 2.75) is 58.3 Å². The summed E-state index contributed by atoms with van der Waals surface area (Å²) >= 11 is 0. The van der Waals surface area contributed by atoms with Crippen molar-refractivity contribution in [1.29, 1.82) is 0 Å². The molecule has 0 amide bonds. The highest BCUT2D eigenvalue weighted by Gasteiger charge is 2.21. The fourth-order valence-electron chi connectivity index (χ4n) is 2.65. The molecule has 0 aromatic rings. The van der Waals surface area contributed by atoms with Gasteiger partial charge < -0.3 is 29.8 Å². The number of carbonyl (C=O) groups excluding carboxylic acids is 4. The molecule has 3 atom stereocenters. The van der Waals surface area contributed by atoms with Crippen molar-refractivity contribution in [3.63, 3.8) is 0 Å². The lowest BCUT2D eigenvalue weighted by Gasteiger charge is -2.28. The van der Waals surface area contributed by atoms with Gasteiger partial charge in [-0.2, -0.15) is 0 Å². The number of carbonyl (C=O) groups is 4. The van der Waals surface area contributed by atoms with Gasteiger partial charge in [0.25, 0.3) is 0 Å². The summed E-state index contributed by atoms with van der Waals surface area (Å²) in [5.41, 5.74) is 5.71. The number of methoxy groups -OCH3 is 1. The van der Waals surface area contributed by atoms with Crippen LogP contribution in [0.1, 0.15) is 40.0 Å². The van der Waals surface area contributed by atoms with Crippen LogP contribution in [0.15, 0.2) is 0 Å². The molecule has 0 aliphatic carbocycles. The first kappa shape index (κ1) is 27.8. The molecule has 0 aromatic heterocycles. The number of rotatable bonds is 15. The number of esters is 4. The molecule has 0 rings (SSSR count). The maximum Gasteiger partial charge on any atom is 0.322 e. The van der Waals surface area contributed by atoms with Gasteiger partial charge in [-0.05, 0) is 19.4 Å². The Morgan fingerprint density at radius 1 is 0.933 bits per heavy atom. The molecule has 11 nitrogen and oxygen atoms in total. The Balaban J connectivity index is 4.87. The van der Waals surface area contributed by atoms with E-state index in [1.54, 1.807) is 4.90 Å². The maximum absolute atomic E-state index is 11.4. The molecule has 0 fully saturated rings. The van der Waals surface area contributed by atoms with E-state index in [0.717, 1.165) is 0 Å². The smallest absolute Gasteiger partial charge is 0.322 e. The largest absolute Gasteiger partial charge is 0.468 e. The molecule has 0 bridgehead atoms. The fraction of sp³-hybridized carbons (Fsp3) is 0.789. The highest BCUT2D eigenvalue weighted by Crippen LogP contribution is 2.07. The molecular formula is C19H34N2O9. The lowest BCUT2D eigenvalue weighted by molar-refractivity contribution is -0.157. The zero-order valence-corrected chi connectivity index (χ0v) is 18.1. The number of ether oxygens (including phenoxy) is 4. The normalized spacial score (nSPS) is 13.8. The van der Waals surface area contributed by atoms with E-state index in [1.165, 1.54) is 27.9 Å². The summed E-state index contributed by atoms with van der Waals surface area (Å²) in [4.78, 5) is 46.5. The maximum atomic E-state index is 11.4. The number of hydrogen-bond acceptors (Lipinski definition) is 11. The van der Waals surface area contributed by atoms with Gasteiger partial charge in [-0.15, -0.1) is 0 Å². The molecule has 0 saturated heterocycles. The van der Waals surface area contributed by atoms with E-state index in [4.69, 9.17) is 19.9 Å². The van der Waals surface area contributed by atoms with E-state index in [9.17, 15) is 24.3 Å². The van der Waals surface area contributed by atoms with Crippen LogP contribution in [0.5, 0.6) is 0 Å². The first-order valence-corrected chi connectivity index (χ1v) is 9.72. The third kappa shape index (κ3) is 14.7. The van der Waals surface area contributed by atoms with Gasteiger partial charge in [0, 0.05) is 33.9 Å². The summed E-state index contributed by atoms with van der Waals surface area (Å²) in [7, 11) is 1.27. The first-order valence-electron chi connectivity index (χ1n) is 9.72. The Kier molecular flexibility index (Phi) is 14.4. The highest BCUT2D eigenvalue weighted by molar-refractivity contribution is 5.75. The minimum atomic E-state index is -0.960. The third-order valence-electron chi connectivity index (χ3n) is 3.96. The van der Waals surface area contributed by atoms with Crippen molar-refractivity contribution in [3.8, 4) is 0 Å². The van der Waals surface area contributed by atoms with Crippen molar-refractivity contribution in [3.05, 3.63) is 0 Å². The molecule has 0 radical (unpaired) electrons. The Morgan fingerprint density at radius 3 is 2.07 bits per heavy atom. The minimum absolute atomic E-state index is 0.126. The molecule has 30 heavy (non-hydrogen) atoms. The lowest BCUT2D eigenvalue weighted by Crippen LogP contribution is -2.43. The summed E-state index contributed by atoms with van der Waals surface area (Å²) in [5.74, 6) is -2.04. The van der Waals surface area contributed by atoms with Gasteiger partial charge in [-0.3, -0.25) is 24.1 Å². The molecule has 0 saturated carbocycles. The molecular weight excluding hydrogens is 400 g/mol. The summed E-state index contributed by atoms with van der Waals surface area (Å²) < 4.78 is 19.5. The summed E-state index contributed by atoms with van der Waals surface area (Å²) in [6.45, 7) is 4.22. The highest BCUT2D eigenvalue weighted by atomic mass is 16.6. The fourth-order valence-corrected chi connectivity index (χ4v) is 2.65. The summed E-state index contributed by atoms with van der Waals surface area (Å²) in [5, 5.41) is 10.1. The molecule has 0 aromatic carbocycles. The SMILES string of the molecule is COC(=O)C(N)CCCCN(CC(O)COC(C)=O)CC(COC(C)=O)OC(C)=O. The predicted molar refractivity (Wildman–Crippen MR) is 105 cm³/mol. The zero-order valence-electron chi connectivity index (χ0n) is 18.1. The monoisotopic (exact) mass is 434 g/mol. The Hall–Kier alpha value is -2.24. The third-order valence-corrected chi connectivity index (χ3v) is 3.96. The molecule has 3 N–H and O–H groups in total. The number of aliphatic hydroxyl groups excluding tert-OH is 1. The summed E-state index contributed by atoms with van der Waals surface area (Å²) in [6.07, 6.45) is -0.0138. The predicted octanol–water partition coefficient (Wildman–Crippen LogP) is -0.622. The molecule has 3 unspecified atom stereocenters. The van der Waals surface area contributed by atoms with Gasteiger partial charge in [-0.25, -0.2) is 0 Å². The molecule has 11 heteroatoms. The van der Waals surface area contributed by atoms with E-state index < -0.39 is 42.1 Å². The van der Waals surface area contributed by atoms with E-state index in [2.05, 4.69) is 4.74 Å². The van der Waals surface area contributed by atoms with Crippen LogP contribution in [-0.4, -0.2) is 92.1 Å². The van der Waals surface area contributed by atoms with E-state index in [-0.39, 0.29) is 26.3 Å². The topological polar surface area (TPSA) is 155 Å². The van der Waals surface area contributed by atoms with Crippen LogP contribution < -0.4 is 5.73 Å². The average molecular weight is 434 g/mol. The van der Waals surface area contributed by atoms with E-state index >= 15 is 0 Å². The van der Waals surface area contributed by atoms with Crippen molar-refractivity contribution in [2.75, 3.05) is 40.0 Å². The van der Waals surface area contributed by atoms with E-state index in [0.29, 0.717) is 25.8 Å². The first-order chi connectivity index (χ1) is 14.0. The van der Waals surface area contributed by atoms with Crippen molar-refractivity contribution in [1.82, 2.24) is 4.90 Å². The zero-order chi connectivity index (χ0) is 23.1. The van der Waals surface area contributed by atoms with Crippen LogP contribution in [0, 0.1) is 0 Å². The van der Waals surface area contributed by atoms with Crippen molar-refractivity contribution >= 4 is 23.9 Å². The molecule has 0 spiro atoms.